The lowest BCUT2D eigenvalue weighted by Crippen LogP contribution is -2.35. The SMILES string of the molecule is Cc1cnc(CN(C)[C@H]2CCN(CCOC[C@@H]3CCCO3)C2)o1. The fourth-order valence-electron chi connectivity index (χ4n) is 3.38. The molecule has 0 aliphatic carbocycles. The van der Waals surface area contributed by atoms with Gasteiger partial charge in [0, 0.05) is 25.7 Å². The Kier molecular flexibility index (Phi) is 6.05. The minimum Gasteiger partial charge on any atom is -0.445 e. The van der Waals surface area contributed by atoms with E-state index in [9.17, 15) is 0 Å². The molecule has 0 radical (unpaired) electrons. The molecule has 130 valence electrons. The molecular formula is C17H29N3O3. The van der Waals surface area contributed by atoms with E-state index in [1.165, 1.54) is 12.8 Å². The molecule has 0 saturated carbocycles. The third-order valence-corrected chi connectivity index (χ3v) is 4.80. The van der Waals surface area contributed by atoms with Crippen LogP contribution < -0.4 is 0 Å². The molecule has 0 aromatic carbocycles. The normalized spacial score (nSPS) is 25.7. The van der Waals surface area contributed by atoms with E-state index in [2.05, 4.69) is 21.8 Å². The lowest BCUT2D eigenvalue weighted by molar-refractivity contribution is 0.0116. The molecule has 0 N–H and O–H groups in total. The number of ether oxygens (including phenoxy) is 2. The highest BCUT2D eigenvalue weighted by Gasteiger charge is 2.26. The standard InChI is InChI=1S/C17H29N3O3/c1-14-10-18-17(23-14)12-19(2)15-5-6-20(11-15)7-9-21-13-16-4-3-8-22-16/h10,15-16H,3-9,11-13H2,1-2H3/t15-,16-/m0/s1. The molecule has 2 aliphatic rings. The largest absolute Gasteiger partial charge is 0.445 e. The monoisotopic (exact) mass is 323 g/mol. The van der Waals surface area contributed by atoms with Gasteiger partial charge in [0.15, 0.2) is 0 Å². The summed E-state index contributed by atoms with van der Waals surface area (Å²) in [6.45, 7) is 8.41. The van der Waals surface area contributed by atoms with Crippen molar-refractivity contribution in [1.29, 1.82) is 0 Å². The molecule has 6 heteroatoms. The molecule has 2 aliphatic heterocycles. The van der Waals surface area contributed by atoms with Crippen molar-refractivity contribution in [3.05, 3.63) is 17.8 Å². The maximum absolute atomic E-state index is 5.77. The minimum absolute atomic E-state index is 0.330. The Morgan fingerprint density at radius 2 is 2.35 bits per heavy atom. The van der Waals surface area contributed by atoms with Gasteiger partial charge < -0.3 is 13.9 Å². The second-order valence-electron chi connectivity index (χ2n) is 6.73. The Hall–Kier alpha value is -0.950. The molecule has 0 spiro atoms. The van der Waals surface area contributed by atoms with Gasteiger partial charge in [-0.2, -0.15) is 0 Å². The van der Waals surface area contributed by atoms with Crippen LogP contribution >= 0.6 is 0 Å². The third-order valence-electron chi connectivity index (χ3n) is 4.80. The van der Waals surface area contributed by atoms with Crippen LogP contribution in [0.4, 0.5) is 0 Å². The van der Waals surface area contributed by atoms with Crippen molar-refractivity contribution >= 4 is 0 Å². The molecule has 2 saturated heterocycles. The van der Waals surface area contributed by atoms with Crippen LogP contribution in [0.1, 0.15) is 30.9 Å². The van der Waals surface area contributed by atoms with Crippen LogP contribution in [0.3, 0.4) is 0 Å². The predicted molar refractivity (Wildman–Crippen MR) is 87.3 cm³/mol. The molecule has 23 heavy (non-hydrogen) atoms. The van der Waals surface area contributed by atoms with Gasteiger partial charge >= 0.3 is 0 Å². The molecule has 2 atom stereocenters. The number of likely N-dealkylation sites (N-methyl/N-ethyl adjacent to an activating group) is 1. The molecule has 1 aromatic rings. The van der Waals surface area contributed by atoms with Crippen LogP contribution in [-0.2, 0) is 16.0 Å². The molecule has 6 nitrogen and oxygen atoms in total. The Balaban J connectivity index is 1.31. The van der Waals surface area contributed by atoms with E-state index in [1.807, 2.05) is 6.92 Å². The van der Waals surface area contributed by atoms with Crippen molar-refractivity contribution in [3.8, 4) is 0 Å². The predicted octanol–water partition coefficient (Wildman–Crippen LogP) is 1.68. The quantitative estimate of drug-likeness (QED) is 0.679. The first-order valence-corrected chi connectivity index (χ1v) is 8.74. The van der Waals surface area contributed by atoms with Gasteiger partial charge in [0.25, 0.3) is 0 Å². The number of likely N-dealkylation sites (tertiary alicyclic amines) is 1. The van der Waals surface area contributed by atoms with Crippen molar-refractivity contribution < 1.29 is 13.9 Å². The summed E-state index contributed by atoms with van der Waals surface area (Å²) in [7, 11) is 2.15. The summed E-state index contributed by atoms with van der Waals surface area (Å²) in [5.74, 6) is 1.69. The summed E-state index contributed by atoms with van der Waals surface area (Å²) in [5, 5.41) is 0. The first kappa shape index (κ1) is 16.9. The van der Waals surface area contributed by atoms with E-state index in [4.69, 9.17) is 13.9 Å². The molecule has 0 bridgehead atoms. The van der Waals surface area contributed by atoms with Crippen LogP contribution in [0.5, 0.6) is 0 Å². The second-order valence-corrected chi connectivity index (χ2v) is 6.73. The van der Waals surface area contributed by atoms with Crippen LogP contribution in [0.15, 0.2) is 10.6 Å². The van der Waals surface area contributed by atoms with Crippen molar-refractivity contribution in [2.75, 3.05) is 46.5 Å². The van der Waals surface area contributed by atoms with Gasteiger partial charge in [-0.05, 0) is 39.8 Å². The van der Waals surface area contributed by atoms with Crippen molar-refractivity contribution in [3.63, 3.8) is 0 Å². The smallest absolute Gasteiger partial charge is 0.208 e. The van der Waals surface area contributed by atoms with Crippen LogP contribution in [0.25, 0.3) is 0 Å². The number of hydrogen-bond donors (Lipinski definition) is 0. The van der Waals surface area contributed by atoms with E-state index in [-0.39, 0.29) is 0 Å². The summed E-state index contributed by atoms with van der Waals surface area (Å²) < 4.78 is 16.9. The molecule has 3 heterocycles. The lowest BCUT2D eigenvalue weighted by Gasteiger charge is -2.23. The summed E-state index contributed by atoms with van der Waals surface area (Å²) in [5.41, 5.74) is 0. The number of nitrogens with zero attached hydrogens (tertiary/aromatic N) is 3. The fraction of sp³-hybridized carbons (Fsp3) is 0.824. The van der Waals surface area contributed by atoms with Crippen molar-refractivity contribution in [1.82, 2.24) is 14.8 Å². The number of aryl methyl sites for hydroxylation is 1. The molecule has 0 amide bonds. The summed E-state index contributed by atoms with van der Waals surface area (Å²) in [6, 6.07) is 0.570. The van der Waals surface area contributed by atoms with Gasteiger partial charge in [0.1, 0.15) is 5.76 Å². The van der Waals surface area contributed by atoms with E-state index < -0.39 is 0 Å². The molecule has 3 rings (SSSR count). The van der Waals surface area contributed by atoms with E-state index in [0.29, 0.717) is 12.1 Å². The number of rotatable bonds is 8. The van der Waals surface area contributed by atoms with Gasteiger partial charge in [-0.15, -0.1) is 0 Å². The number of hydrogen-bond acceptors (Lipinski definition) is 6. The van der Waals surface area contributed by atoms with Gasteiger partial charge in [-0.25, -0.2) is 4.98 Å². The van der Waals surface area contributed by atoms with E-state index >= 15 is 0 Å². The first-order chi connectivity index (χ1) is 11.2. The Labute approximate surface area is 138 Å². The molecule has 0 unspecified atom stereocenters. The summed E-state index contributed by atoms with van der Waals surface area (Å²) in [4.78, 5) is 9.12. The second kappa shape index (κ2) is 8.24. The number of oxazole rings is 1. The number of aromatic nitrogens is 1. The fourth-order valence-corrected chi connectivity index (χ4v) is 3.38. The Morgan fingerprint density at radius 1 is 1.43 bits per heavy atom. The summed E-state index contributed by atoms with van der Waals surface area (Å²) in [6.07, 6.45) is 5.64. The topological polar surface area (TPSA) is 51.0 Å². The molecular weight excluding hydrogens is 294 g/mol. The van der Waals surface area contributed by atoms with E-state index in [1.54, 1.807) is 6.20 Å². The summed E-state index contributed by atoms with van der Waals surface area (Å²) >= 11 is 0. The molecule has 2 fully saturated rings. The molecule has 1 aromatic heterocycles. The first-order valence-electron chi connectivity index (χ1n) is 8.74. The van der Waals surface area contributed by atoms with Crippen LogP contribution in [0, 0.1) is 6.92 Å². The minimum atomic E-state index is 0.330. The van der Waals surface area contributed by atoms with Crippen LogP contribution in [-0.4, -0.2) is 73.4 Å². The van der Waals surface area contributed by atoms with Crippen molar-refractivity contribution in [2.45, 2.75) is 44.9 Å². The third kappa shape index (κ3) is 5.01. The average molecular weight is 323 g/mol. The van der Waals surface area contributed by atoms with E-state index in [0.717, 1.165) is 64.1 Å². The Morgan fingerprint density at radius 3 is 3.09 bits per heavy atom. The zero-order valence-corrected chi connectivity index (χ0v) is 14.4. The highest BCUT2D eigenvalue weighted by atomic mass is 16.5. The van der Waals surface area contributed by atoms with Gasteiger partial charge in [0.2, 0.25) is 5.89 Å². The average Bonchev–Trinajstić information content (AvgIpc) is 3.25. The van der Waals surface area contributed by atoms with Crippen LogP contribution in [0.2, 0.25) is 0 Å². The zero-order chi connectivity index (χ0) is 16.1. The zero-order valence-electron chi connectivity index (χ0n) is 14.4. The van der Waals surface area contributed by atoms with Gasteiger partial charge in [0.05, 0.1) is 32.1 Å². The highest BCUT2D eigenvalue weighted by molar-refractivity contribution is 4.92. The van der Waals surface area contributed by atoms with Crippen molar-refractivity contribution in [2.24, 2.45) is 0 Å². The lowest BCUT2D eigenvalue weighted by atomic mass is 10.2. The maximum atomic E-state index is 5.77. The maximum Gasteiger partial charge on any atom is 0.208 e. The Bertz CT molecular complexity index is 473. The van der Waals surface area contributed by atoms with Gasteiger partial charge in [-0.3, -0.25) is 9.80 Å². The highest BCUT2D eigenvalue weighted by Crippen LogP contribution is 2.17. The van der Waals surface area contributed by atoms with Gasteiger partial charge in [-0.1, -0.05) is 0 Å².